The van der Waals surface area contributed by atoms with E-state index < -0.39 is 10.7 Å². The molecule has 0 atom stereocenters. The molecule has 0 aliphatic carbocycles. The second-order valence-electron chi connectivity index (χ2n) is 4.09. The smallest absolute Gasteiger partial charge is 0.295 e. The molecule has 0 spiro atoms. The van der Waals surface area contributed by atoms with Crippen LogP contribution in [0.5, 0.6) is 0 Å². The molecule has 0 aliphatic heterocycles. The van der Waals surface area contributed by atoms with E-state index in [-0.39, 0.29) is 5.69 Å². The van der Waals surface area contributed by atoms with Gasteiger partial charge in [0.25, 0.3) is 5.69 Å². The fraction of sp³-hybridized carbons (Fsp3) is 0.250. The predicted octanol–water partition coefficient (Wildman–Crippen LogP) is 3.42. The van der Waals surface area contributed by atoms with Gasteiger partial charge in [-0.2, -0.15) is 0 Å². The molecule has 19 heavy (non-hydrogen) atoms. The van der Waals surface area contributed by atoms with Gasteiger partial charge in [-0.05, 0) is 25.5 Å². The van der Waals surface area contributed by atoms with E-state index in [4.69, 9.17) is 0 Å². The number of thiazole rings is 1. The van der Waals surface area contributed by atoms with Gasteiger partial charge in [0.2, 0.25) is 0 Å². The zero-order chi connectivity index (χ0) is 14.0. The van der Waals surface area contributed by atoms with E-state index >= 15 is 0 Å². The molecule has 1 aromatic heterocycles. The van der Waals surface area contributed by atoms with Gasteiger partial charge in [0.15, 0.2) is 0 Å². The Bertz CT molecular complexity index is 627. The lowest BCUT2D eigenvalue weighted by molar-refractivity contribution is -0.384. The first-order chi connectivity index (χ1) is 8.99. The Hall–Kier alpha value is -2.02. The summed E-state index contributed by atoms with van der Waals surface area (Å²) < 4.78 is 13.4. The summed E-state index contributed by atoms with van der Waals surface area (Å²) in [7, 11) is 0. The number of aryl methyl sites for hydroxylation is 2. The Morgan fingerprint density at radius 2 is 2.21 bits per heavy atom. The Morgan fingerprint density at radius 1 is 1.47 bits per heavy atom. The van der Waals surface area contributed by atoms with Gasteiger partial charge < -0.3 is 5.32 Å². The van der Waals surface area contributed by atoms with Crippen LogP contribution in [0.2, 0.25) is 0 Å². The number of halogens is 1. The molecule has 0 saturated carbocycles. The highest BCUT2D eigenvalue weighted by Gasteiger charge is 2.17. The molecule has 0 bridgehead atoms. The molecule has 100 valence electrons. The number of benzene rings is 1. The van der Waals surface area contributed by atoms with Gasteiger partial charge in [-0.15, -0.1) is 11.3 Å². The average Bonchev–Trinajstić information content (AvgIpc) is 2.75. The molecular formula is C12H12FN3O2S. The molecule has 0 unspecified atom stereocenters. The first kappa shape index (κ1) is 13.4. The molecule has 0 radical (unpaired) electrons. The predicted molar refractivity (Wildman–Crippen MR) is 72.0 cm³/mol. The lowest BCUT2D eigenvalue weighted by Gasteiger charge is -2.08. The summed E-state index contributed by atoms with van der Waals surface area (Å²) in [5, 5.41) is 13.9. The van der Waals surface area contributed by atoms with Gasteiger partial charge in [0.1, 0.15) is 11.5 Å². The zero-order valence-corrected chi connectivity index (χ0v) is 11.3. The van der Waals surface area contributed by atoms with Crippen LogP contribution in [0.25, 0.3) is 0 Å². The summed E-state index contributed by atoms with van der Waals surface area (Å²) in [6.45, 7) is 3.88. The van der Waals surface area contributed by atoms with Crippen LogP contribution >= 0.6 is 11.3 Å². The number of nitro benzene ring substituents is 1. The van der Waals surface area contributed by atoms with E-state index in [1.807, 2.05) is 6.92 Å². The van der Waals surface area contributed by atoms with Crippen molar-refractivity contribution >= 4 is 22.7 Å². The molecule has 2 aromatic rings. The molecule has 7 heteroatoms. The van der Waals surface area contributed by atoms with E-state index in [0.717, 1.165) is 16.6 Å². The van der Waals surface area contributed by atoms with Gasteiger partial charge in [-0.3, -0.25) is 10.1 Å². The minimum atomic E-state index is -0.593. The van der Waals surface area contributed by atoms with E-state index in [1.165, 1.54) is 17.4 Å². The van der Waals surface area contributed by atoms with E-state index in [9.17, 15) is 14.5 Å². The Kier molecular flexibility index (Phi) is 3.75. The van der Waals surface area contributed by atoms with Crippen molar-refractivity contribution in [2.45, 2.75) is 20.4 Å². The summed E-state index contributed by atoms with van der Waals surface area (Å²) in [5.41, 5.74) is 3.03. The molecule has 0 aliphatic rings. The van der Waals surface area contributed by atoms with Crippen LogP contribution in [0, 0.1) is 29.8 Å². The van der Waals surface area contributed by atoms with Crippen molar-refractivity contribution in [2.75, 3.05) is 5.32 Å². The lowest BCUT2D eigenvalue weighted by Crippen LogP contribution is -2.04. The van der Waals surface area contributed by atoms with Crippen molar-refractivity contribution in [2.24, 2.45) is 0 Å². The van der Waals surface area contributed by atoms with Crippen molar-refractivity contribution in [1.29, 1.82) is 0 Å². The summed E-state index contributed by atoms with van der Waals surface area (Å²) in [4.78, 5) is 15.4. The highest BCUT2D eigenvalue weighted by molar-refractivity contribution is 7.09. The fourth-order valence-electron chi connectivity index (χ4n) is 1.64. The molecule has 5 nitrogen and oxygen atoms in total. The number of aromatic nitrogens is 1. The normalized spacial score (nSPS) is 10.5. The van der Waals surface area contributed by atoms with Crippen LogP contribution in [0.3, 0.4) is 0 Å². The van der Waals surface area contributed by atoms with Crippen LogP contribution < -0.4 is 5.32 Å². The molecular weight excluding hydrogens is 269 g/mol. The third-order valence-corrected chi connectivity index (χ3v) is 3.69. The van der Waals surface area contributed by atoms with E-state index in [2.05, 4.69) is 10.3 Å². The van der Waals surface area contributed by atoms with Gasteiger partial charge >= 0.3 is 0 Å². The summed E-state index contributed by atoms with van der Waals surface area (Å²) in [5.74, 6) is -0.578. The maximum atomic E-state index is 13.4. The highest BCUT2D eigenvalue weighted by atomic mass is 32.1. The van der Waals surface area contributed by atoms with Crippen molar-refractivity contribution in [3.8, 4) is 0 Å². The quantitative estimate of drug-likeness (QED) is 0.688. The van der Waals surface area contributed by atoms with Gasteiger partial charge in [0, 0.05) is 4.88 Å². The molecule has 1 N–H and O–H groups in total. The molecule has 2 rings (SSSR count). The van der Waals surface area contributed by atoms with Crippen molar-refractivity contribution in [1.82, 2.24) is 4.98 Å². The van der Waals surface area contributed by atoms with Crippen LogP contribution in [0.4, 0.5) is 15.8 Å². The number of hydrogen-bond donors (Lipinski definition) is 1. The zero-order valence-electron chi connectivity index (χ0n) is 10.4. The number of nitrogens with zero attached hydrogens (tertiary/aromatic N) is 2. The average molecular weight is 281 g/mol. The van der Waals surface area contributed by atoms with Crippen LogP contribution in [-0.4, -0.2) is 9.91 Å². The topological polar surface area (TPSA) is 68.1 Å². The fourth-order valence-corrected chi connectivity index (χ4v) is 2.35. The standard InChI is InChI=1S/C12H12FN3O2S/c1-7-3-10(11(16(17)18)4-9(7)13)14-5-12-8(2)15-6-19-12/h3-4,6,14H,5H2,1-2H3. The molecule has 1 aromatic carbocycles. The lowest BCUT2D eigenvalue weighted by atomic mass is 10.1. The molecule has 1 heterocycles. The third-order valence-electron chi connectivity index (χ3n) is 2.76. The van der Waals surface area contributed by atoms with E-state index in [1.54, 1.807) is 12.4 Å². The largest absolute Gasteiger partial charge is 0.375 e. The number of rotatable bonds is 4. The summed E-state index contributed by atoms with van der Waals surface area (Å²) >= 11 is 1.47. The maximum Gasteiger partial charge on any atom is 0.295 e. The monoisotopic (exact) mass is 281 g/mol. The minimum absolute atomic E-state index is 0.259. The highest BCUT2D eigenvalue weighted by Crippen LogP contribution is 2.28. The summed E-state index contributed by atoms with van der Waals surface area (Å²) in [6, 6.07) is 2.39. The second kappa shape index (κ2) is 5.31. The van der Waals surface area contributed by atoms with Gasteiger partial charge in [-0.1, -0.05) is 0 Å². The van der Waals surface area contributed by atoms with Crippen molar-refractivity contribution in [3.63, 3.8) is 0 Å². The Labute approximate surface area is 113 Å². The Balaban J connectivity index is 2.26. The number of hydrogen-bond acceptors (Lipinski definition) is 5. The third kappa shape index (κ3) is 2.87. The Morgan fingerprint density at radius 3 is 2.79 bits per heavy atom. The maximum absolute atomic E-state index is 13.4. The van der Waals surface area contributed by atoms with Gasteiger partial charge in [-0.25, -0.2) is 9.37 Å². The number of anilines is 1. The van der Waals surface area contributed by atoms with Crippen molar-refractivity contribution < 1.29 is 9.31 Å². The first-order valence-corrected chi connectivity index (χ1v) is 6.44. The second-order valence-corrected chi connectivity index (χ2v) is 5.03. The van der Waals surface area contributed by atoms with Crippen LogP contribution in [0.1, 0.15) is 16.1 Å². The summed E-state index contributed by atoms with van der Waals surface area (Å²) in [6.07, 6.45) is 0. The molecule has 0 fully saturated rings. The minimum Gasteiger partial charge on any atom is -0.375 e. The molecule has 0 saturated heterocycles. The SMILES string of the molecule is Cc1cc(NCc2scnc2C)c([N+](=O)[O-])cc1F. The van der Waals surface area contributed by atoms with Crippen molar-refractivity contribution in [3.05, 3.63) is 49.7 Å². The van der Waals surface area contributed by atoms with Gasteiger partial charge in [0.05, 0.1) is 28.7 Å². The van der Waals surface area contributed by atoms with Crippen LogP contribution in [-0.2, 0) is 6.54 Å². The number of nitro groups is 1. The van der Waals surface area contributed by atoms with E-state index in [0.29, 0.717) is 17.8 Å². The van der Waals surface area contributed by atoms with Crippen LogP contribution in [0.15, 0.2) is 17.6 Å². The first-order valence-electron chi connectivity index (χ1n) is 5.56. The molecule has 0 amide bonds. The number of nitrogens with one attached hydrogen (secondary N) is 1.